The van der Waals surface area contributed by atoms with Gasteiger partial charge in [0.05, 0.1) is 12.7 Å². The summed E-state index contributed by atoms with van der Waals surface area (Å²) in [4.78, 5) is 0. The van der Waals surface area contributed by atoms with Gasteiger partial charge in [0.1, 0.15) is 0 Å². The average molecular weight is 306 g/mol. The van der Waals surface area contributed by atoms with E-state index < -0.39 is 35.8 Å². The van der Waals surface area contributed by atoms with Crippen molar-refractivity contribution in [3.63, 3.8) is 0 Å². The second-order valence-electron chi connectivity index (χ2n) is 4.35. The molecule has 0 aromatic rings. The number of rotatable bonds is 8. The van der Waals surface area contributed by atoms with Crippen molar-refractivity contribution in [3.8, 4) is 0 Å². The van der Waals surface area contributed by atoms with Gasteiger partial charge in [-0.25, -0.2) is 12.6 Å². The fourth-order valence-corrected chi connectivity index (χ4v) is 4.19. The van der Waals surface area contributed by atoms with Crippen LogP contribution < -0.4 is 0 Å². The van der Waals surface area contributed by atoms with Gasteiger partial charge in [0, 0.05) is 0 Å². The summed E-state index contributed by atoms with van der Waals surface area (Å²) in [6, 6.07) is 0. The Bertz CT molecular complexity index is 387. The smallest absolute Gasteiger partial charge is 0.294 e. The maximum atomic E-state index is 11.3. The molecule has 7 nitrogen and oxygen atoms in total. The first-order valence-corrected chi connectivity index (χ1v) is 10.8. The molecule has 0 fully saturated rings. The van der Waals surface area contributed by atoms with E-state index in [0.717, 1.165) is 0 Å². The predicted molar refractivity (Wildman–Crippen MR) is 64.8 cm³/mol. The van der Waals surface area contributed by atoms with Crippen molar-refractivity contribution in [2.45, 2.75) is 39.1 Å². The van der Waals surface area contributed by atoms with Gasteiger partial charge in [-0.2, -0.15) is 8.42 Å². The molecule has 17 heavy (non-hydrogen) atoms. The zero-order valence-electron chi connectivity index (χ0n) is 10.2. The molecule has 0 aliphatic carbocycles. The largest absolute Gasteiger partial charge is 0.390 e. The lowest BCUT2D eigenvalue weighted by atomic mass is 10.3. The fraction of sp³-hybridized carbons (Fsp3) is 1.00. The predicted octanol–water partition coefficient (Wildman–Crippen LogP) is 0.421. The molecule has 10 heteroatoms. The highest BCUT2D eigenvalue weighted by molar-refractivity contribution is 7.83. The zero-order valence-corrected chi connectivity index (χ0v) is 12.9. The van der Waals surface area contributed by atoms with E-state index in [1.54, 1.807) is 19.6 Å². The molecule has 0 aliphatic heterocycles. The Labute approximate surface area is 105 Å². The van der Waals surface area contributed by atoms with Gasteiger partial charge in [-0.3, -0.25) is 8.06 Å². The van der Waals surface area contributed by atoms with Crippen molar-refractivity contribution in [3.05, 3.63) is 0 Å². The van der Waals surface area contributed by atoms with Gasteiger partial charge in [0.25, 0.3) is 11.0 Å². The molecule has 0 aliphatic rings. The van der Waals surface area contributed by atoms with Crippen molar-refractivity contribution < 1.29 is 29.1 Å². The van der Waals surface area contributed by atoms with Crippen molar-refractivity contribution in [1.29, 1.82) is 0 Å². The van der Waals surface area contributed by atoms with E-state index >= 15 is 0 Å². The van der Waals surface area contributed by atoms with Crippen LogP contribution in [-0.2, 0) is 33.6 Å². The second kappa shape index (κ2) is 6.80. The minimum atomic E-state index is -4.01. The van der Waals surface area contributed by atoms with E-state index in [1.165, 1.54) is 6.92 Å². The van der Waals surface area contributed by atoms with E-state index in [2.05, 4.69) is 8.37 Å². The van der Waals surface area contributed by atoms with Crippen LogP contribution in [-0.4, -0.2) is 37.9 Å². The molecule has 0 aromatic carbocycles. The lowest BCUT2D eigenvalue weighted by molar-refractivity contribution is 0.184. The maximum Gasteiger partial charge on any atom is 0.390 e. The summed E-state index contributed by atoms with van der Waals surface area (Å²) in [5.74, 6) is 0. The third-order valence-corrected chi connectivity index (χ3v) is 5.17. The molecule has 0 spiro atoms. The second-order valence-corrected chi connectivity index (χ2v) is 11.0. The van der Waals surface area contributed by atoms with E-state index in [0.29, 0.717) is 0 Å². The van der Waals surface area contributed by atoms with Crippen LogP contribution in [0.5, 0.6) is 0 Å². The molecule has 0 saturated carbocycles. The molecule has 0 amide bonds. The molecule has 0 radical (unpaired) electrons. The Morgan fingerprint density at radius 3 is 2.18 bits per heavy atom. The van der Waals surface area contributed by atoms with Crippen LogP contribution in [0.3, 0.4) is 0 Å². The lowest BCUT2D eigenvalue weighted by Gasteiger charge is -2.16. The highest BCUT2D eigenvalue weighted by Gasteiger charge is 2.25. The summed E-state index contributed by atoms with van der Waals surface area (Å²) >= 11 is 0. The Balaban J connectivity index is 4.04. The molecule has 0 heterocycles. The first-order chi connectivity index (χ1) is 7.52. The lowest BCUT2D eigenvalue weighted by Crippen LogP contribution is -2.30. The average Bonchev–Trinajstić information content (AvgIpc) is 1.95. The highest BCUT2D eigenvalue weighted by atomic mass is 32.3. The van der Waals surface area contributed by atoms with Crippen LogP contribution >= 0.6 is 0 Å². The van der Waals surface area contributed by atoms with E-state index in [1.807, 2.05) is 0 Å². The van der Waals surface area contributed by atoms with Crippen molar-refractivity contribution >= 4 is 29.7 Å². The summed E-state index contributed by atoms with van der Waals surface area (Å²) in [5.41, 5.74) is 0. The van der Waals surface area contributed by atoms with Crippen LogP contribution in [0, 0.1) is 0 Å². The number of thiol groups is 1. The van der Waals surface area contributed by atoms with Crippen LogP contribution in [0.4, 0.5) is 0 Å². The third-order valence-electron chi connectivity index (χ3n) is 1.37. The van der Waals surface area contributed by atoms with Gasteiger partial charge < -0.3 is 0 Å². The molecule has 1 atom stereocenters. The van der Waals surface area contributed by atoms with Gasteiger partial charge in [-0.05, 0) is 33.0 Å². The molecule has 0 bridgehead atoms. The minimum absolute atomic E-state index is 0.137. The SMILES string of the molecule is CC(CCOS(=O)(=O)O[Si](C)(C)C)O[SH](=O)=O. The summed E-state index contributed by atoms with van der Waals surface area (Å²) < 4.78 is 56.7. The van der Waals surface area contributed by atoms with Crippen LogP contribution in [0.2, 0.25) is 19.6 Å². The molecule has 0 rings (SSSR count). The quantitative estimate of drug-likeness (QED) is 0.513. The fourth-order valence-electron chi connectivity index (χ4n) is 0.846. The van der Waals surface area contributed by atoms with Crippen molar-refractivity contribution in [2.24, 2.45) is 0 Å². The first kappa shape index (κ1) is 17.0. The summed E-state index contributed by atoms with van der Waals surface area (Å²) in [7, 11) is -9.18. The summed E-state index contributed by atoms with van der Waals surface area (Å²) in [6.07, 6.45) is -0.490. The van der Waals surface area contributed by atoms with Crippen molar-refractivity contribution in [1.82, 2.24) is 0 Å². The van der Waals surface area contributed by atoms with Gasteiger partial charge in [-0.1, -0.05) is 0 Å². The maximum absolute atomic E-state index is 11.3. The highest BCUT2D eigenvalue weighted by Crippen LogP contribution is 2.10. The molecule has 104 valence electrons. The normalized spacial score (nSPS) is 15.1. The van der Waals surface area contributed by atoms with Crippen LogP contribution in [0.1, 0.15) is 13.3 Å². The van der Waals surface area contributed by atoms with E-state index in [9.17, 15) is 16.8 Å². The molecular weight excluding hydrogens is 288 g/mol. The first-order valence-electron chi connectivity index (χ1n) is 4.93. The Kier molecular flexibility index (Phi) is 6.80. The number of hydrogen-bond donors (Lipinski definition) is 1. The molecule has 0 aromatic heterocycles. The van der Waals surface area contributed by atoms with Crippen LogP contribution in [0.15, 0.2) is 0 Å². The molecular formula is C7H18O7S2Si. The van der Waals surface area contributed by atoms with Crippen molar-refractivity contribution in [2.75, 3.05) is 6.61 Å². The molecule has 1 unspecified atom stereocenters. The van der Waals surface area contributed by atoms with Gasteiger partial charge in [-0.15, -0.1) is 0 Å². The summed E-state index contributed by atoms with van der Waals surface area (Å²) in [6.45, 7) is 6.45. The third kappa shape index (κ3) is 10.8. The molecule has 0 saturated heterocycles. The monoisotopic (exact) mass is 306 g/mol. The number of hydrogen-bond acceptors (Lipinski definition) is 7. The standard InChI is InChI=1S/C7H18O7S2Si/c1-7(13-15(8)9)5-6-12-16(10,11)14-17(2,3)4/h7,15H,5-6H2,1-4H3. The van der Waals surface area contributed by atoms with E-state index in [-0.39, 0.29) is 13.0 Å². The van der Waals surface area contributed by atoms with Gasteiger partial charge >= 0.3 is 10.4 Å². The minimum Gasteiger partial charge on any atom is -0.294 e. The topological polar surface area (TPSA) is 96.0 Å². The van der Waals surface area contributed by atoms with Gasteiger partial charge in [0.2, 0.25) is 8.32 Å². The van der Waals surface area contributed by atoms with Gasteiger partial charge in [0.15, 0.2) is 0 Å². The van der Waals surface area contributed by atoms with Crippen LogP contribution in [0.25, 0.3) is 0 Å². The summed E-state index contributed by atoms with van der Waals surface area (Å²) in [5, 5.41) is 0. The van der Waals surface area contributed by atoms with E-state index in [4.69, 9.17) is 3.87 Å². The Morgan fingerprint density at radius 1 is 1.24 bits per heavy atom. The molecule has 0 N–H and O–H groups in total. The Hall–Kier alpha value is -0.00312. The zero-order chi connectivity index (χ0) is 13.7. The Morgan fingerprint density at radius 2 is 1.76 bits per heavy atom.